The van der Waals surface area contributed by atoms with Gasteiger partial charge in [-0.15, -0.1) is 0 Å². The van der Waals surface area contributed by atoms with Crippen LogP contribution in [0.3, 0.4) is 0 Å². The number of rotatable bonds is 2. The van der Waals surface area contributed by atoms with Crippen molar-refractivity contribution in [1.82, 2.24) is 0 Å². The van der Waals surface area contributed by atoms with Crippen LogP contribution in [-0.2, 0) is 6.42 Å². The maximum Gasteiger partial charge on any atom is 0.119 e. The van der Waals surface area contributed by atoms with Gasteiger partial charge >= 0.3 is 0 Å². The van der Waals surface area contributed by atoms with Crippen molar-refractivity contribution in [1.29, 1.82) is 0 Å². The summed E-state index contributed by atoms with van der Waals surface area (Å²) < 4.78 is 5.31. The molecule has 2 aromatic carbocycles. The first-order chi connectivity index (χ1) is 8.69. The molecular formula is C16H17OSi. The Bertz CT molecular complexity index is 602. The Labute approximate surface area is 110 Å². The number of fused-ring (bicyclic) bond motifs is 3. The average Bonchev–Trinajstić information content (AvgIpc) is 2.74. The molecule has 0 saturated heterocycles. The topological polar surface area (TPSA) is 9.23 Å². The zero-order chi connectivity index (χ0) is 12.7. The van der Waals surface area contributed by atoms with Crippen LogP contribution >= 0.6 is 0 Å². The van der Waals surface area contributed by atoms with Gasteiger partial charge in [-0.1, -0.05) is 42.5 Å². The molecular weight excluding hydrogens is 236 g/mol. The van der Waals surface area contributed by atoms with Crippen molar-refractivity contribution >= 4 is 14.0 Å². The Hall–Kier alpha value is -1.54. The summed E-state index contributed by atoms with van der Waals surface area (Å²) in [5, 5.41) is 1.53. The molecule has 0 unspecified atom stereocenters. The average molecular weight is 253 g/mol. The van der Waals surface area contributed by atoms with Gasteiger partial charge in [0.05, 0.1) is 15.9 Å². The molecule has 1 aliphatic carbocycles. The fraction of sp³-hybridized carbons (Fsp3) is 0.250. The minimum atomic E-state index is -0.357. The maximum atomic E-state index is 5.31. The second-order valence-electron chi connectivity index (χ2n) is 5.07. The summed E-state index contributed by atoms with van der Waals surface area (Å²) in [7, 11) is 1.37. The van der Waals surface area contributed by atoms with E-state index in [9.17, 15) is 0 Å². The van der Waals surface area contributed by atoms with E-state index in [1.165, 1.54) is 27.4 Å². The van der Waals surface area contributed by atoms with Crippen molar-refractivity contribution in [2.45, 2.75) is 19.5 Å². The molecule has 2 aromatic rings. The Morgan fingerprint density at radius 2 is 1.61 bits per heavy atom. The van der Waals surface area contributed by atoms with Gasteiger partial charge in [-0.25, -0.2) is 0 Å². The minimum absolute atomic E-state index is 0.357. The van der Waals surface area contributed by atoms with Crippen molar-refractivity contribution < 1.29 is 4.74 Å². The first-order valence-electron chi connectivity index (χ1n) is 6.30. The zero-order valence-corrected chi connectivity index (χ0v) is 12.1. The number of hydrogen-bond acceptors (Lipinski definition) is 1. The molecule has 0 amide bonds. The summed E-state index contributed by atoms with van der Waals surface area (Å²) in [6.07, 6.45) is 1.05. The molecule has 0 bridgehead atoms. The molecule has 1 radical (unpaired) electrons. The van der Waals surface area contributed by atoms with E-state index in [1.807, 2.05) is 0 Å². The molecule has 0 atom stereocenters. The SMILES string of the molecule is COc1ccc2c(c1)Cc1cc([Si](C)C)ccc1-2. The summed E-state index contributed by atoms with van der Waals surface area (Å²) in [4.78, 5) is 0. The molecule has 2 heteroatoms. The highest BCUT2D eigenvalue weighted by molar-refractivity contribution is 6.70. The number of hydrogen-bond donors (Lipinski definition) is 0. The van der Waals surface area contributed by atoms with Crippen LogP contribution in [0.4, 0.5) is 0 Å². The third kappa shape index (κ3) is 1.77. The lowest BCUT2D eigenvalue weighted by Gasteiger charge is -2.07. The fourth-order valence-electron chi connectivity index (χ4n) is 2.62. The maximum absolute atomic E-state index is 5.31. The van der Waals surface area contributed by atoms with E-state index in [2.05, 4.69) is 49.5 Å². The van der Waals surface area contributed by atoms with Crippen LogP contribution in [0.2, 0.25) is 13.1 Å². The highest BCUT2D eigenvalue weighted by Gasteiger charge is 2.19. The standard InChI is InChI=1S/C16H17OSi/c1-17-13-4-6-15-11(9-13)8-12-10-14(18(2)3)5-7-16(12)15/h4-7,9-10H,8H2,1-3H3. The van der Waals surface area contributed by atoms with Crippen LogP contribution in [0.15, 0.2) is 36.4 Å². The van der Waals surface area contributed by atoms with Crippen LogP contribution in [0.1, 0.15) is 11.1 Å². The van der Waals surface area contributed by atoms with Crippen molar-refractivity contribution in [2.75, 3.05) is 7.11 Å². The third-order valence-electron chi connectivity index (χ3n) is 3.67. The minimum Gasteiger partial charge on any atom is -0.497 e. The van der Waals surface area contributed by atoms with Crippen molar-refractivity contribution in [2.24, 2.45) is 0 Å². The molecule has 1 nitrogen and oxygen atoms in total. The lowest BCUT2D eigenvalue weighted by atomic mass is 10.1. The molecule has 0 fully saturated rings. The summed E-state index contributed by atoms with van der Waals surface area (Å²) in [6.45, 7) is 4.69. The van der Waals surface area contributed by atoms with Crippen molar-refractivity contribution in [3.63, 3.8) is 0 Å². The number of ether oxygens (including phenoxy) is 1. The molecule has 91 valence electrons. The summed E-state index contributed by atoms with van der Waals surface area (Å²) in [5.74, 6) is 0.956. The molecule has 0 spiro atoms. The monoisotopic (exact) mass is 253 g/mol. The van der Waals surface area contributed by atoms with Crippen LogP contribution in [-0.4, -0.2) is 15.9 Å². The van der Waals surface area contributed by atoms with Gasteiger partial charge in [0, 0.05) is 0 Å². The van der Waals surface area contributed by atoms with Crippen LogP contribution in [0, 0.1) is 0 Å². The van der Waals surface area contributed by atoms with Gasteiger partial charge in [0.1, 0.15) is 5.75 Å². The third-order valence-corrected chi connectivity index (χ3v) is 5.13. The van der Waals surface area contributed by atoms with Gasteiger partial charge < -0.3 is 4.74 Å². The lowest BCUT2D eigenvalue weighted by Crippen LogP contribution is -2.22. The van der Waals surface area contributed by atoms with Crippen molar-refractivity contribution in [3.05, 3.63) is 47.5 Å². The molecule has 0 saturated carbocycles. The first-order valence-corrected chi connectivity index (χ1v) is 8.80. The predicted molar refractivity (Wildman–Crippen MR) is 78.4 cm³/mol. The van der Waals surface area contributed by atoms with Crippen LogP contribution in [0.5, 0.6) is 5.75 Å². The van der Waals surface area contributed by atoms with E-state index in [-0.39, 0.29) is 8.80 Å². The Morgan fingerprint density at radius 1 is 0.944 bits per heavy atom. The van der Waals surface area contributed by atoms with Gasteiger partial charge in [0.25, 0.3) is 0 Å². The van der Waals surface area contributed by atoms with Gasteiger partial charge in [-0.05, 0) is 40.8 Å². The van der Waals surface area contributed by atoms with Gasteiger partial charge in [0.15, 0.2) is 0 Å². The first kappa shape index (κ1) is 11.5. The second-order valence-corrected chi connectivity index (χ2v) is 7.65. The molecule has 0 aliphatic heterocycles. The zero-order valence-electron chi connectivity index (χ0n) is 11.1. The van der Waals surface area contributed by atoms with Gasteiger partial charge in [-0.3, -0.25) is 0 Å². The quantitative estimate of drug-likeness (QED) is 0.637. The van der Waals surface area contributed by atoms with Gasteiger partial charge in [-0.2, -0.15) is 0 Å². The lowest BCUT2D eigenvalue weighted by molar-refractivity contribution is 0.414. The normalized spacial score (nSPS) is 12.4. The molecule has 1 aliphatic rings. The van der Waals surface area contributed by atoms with E-state index < -0.39 is 0 Å². The Morgan fingerprint density at radius 3 is 2.28 bits per heavy atom. The van der Waals surface area contributed by atoms with E-state index in [4.69, 9.17) is 4.74 Å². The predicted octanol–water partition coefficient (Wildman–Crippen LogP) is 3.23. The van der Waals surface area contributed by atoms with E-state index in [0.29, 0.717) is 0 Å². The summed E-state index contributed by atoms with van der Waals surface area (Å²) in [5.41, 5.74) is 5.64. The summed E-state index contributed by atoms with van der Waals surface area (Å²) >= 11 is 0. The molecule has 3 rings (SSSR count). The summed E-state index contributed by atoms with van der Waals surface area (Å²) in [6, 6.07) is 13.4. The van der Waals surface area contributed by atoms with Crippen LogP contribution in [0.25, 0.3) is 11.1 Å². The largest absolute Gasteiger partial charge is 0.497 e. The second kappa shape index (κ2) is 4.29. The highest BCUT2D eigenvalue weighted by atomic mass is 28.3. The Balaban J connectivity index is 2.07. The highest BCUT2D eigenvalue weighted by Crippen LogP contribution is 2.37. The molecule has 18 heavy (non-hydrogen) atoms. The van der Waals surface area contributed by atoms with Crippen molar-refractivity contribution in [3.8, 4) is 16.9 Å². The number of methoxy groups -OCH3 is 1. The van der Waals surface area contributed by atoms with Gasteiger partial charge in [0.2, 0.25) is 0 Å². The van der Waals surface area contributed by atoms with Crippen LogP contribution < -0.4 is 9.92 Å². The molecule has 0 N–H and O–H groups in total. The smallest absolute Gasteiger partial charge is 0.119 e. The molecule has 0 heterocycles. The van der Waals surface area contributed by atoms with E-state index >= 15 is 0 Å². The Kier molecular flexibility index (Phi) is 2.75. The van der Waals surface area contributed by atoms with E-state index in [0.717, 1.165) is 12.2 Å². The van der Waals surface area contributed by atoms with E-state index in [1.54, 1.807) is 7.11 Å². The molecule has 0 aromatic heterocycles. The fourth-order valence-corrected chi connectivity index (χ4v) is 3.50. The number of benzene rings is 2.